The van der Waals surface area contributed by atoms with Gasteiger partial charge in [-0.2, -0.15) is 0 Å². The average Bonchev–Trinajstić information content (AvgIpc) is 2.82. The molecule has 0 unspecified atom stereocenters. The van der Waals surface area contributed by atoms with Crippen LogP contribution in [-0.2, 0) is 9.53 Å². The van der Waals surface area contributed by atoms with Gasteiger partial charge in [-0.1, -0.05) is 29.5 Å². The van der Waals surface area contributed by atoms with Gasteiger partial charge in [-0.05, 0) is 34.5 Å². The molecule has 0 spiro atoms. The van der Waals surface area contributed by atoms with Crippen molar-refractivity contribution in [2.24, 2.45) is 0 Å². The second-order valence-electron chi connectivity index (χ2n) is 3.91. The van der Waals surface area contributed by atoms with E-state index in [4.69, 9.17) is 4.74 Å². The molecule has 0 saturated carbocycles. The fourth-order valence-corrected chi connectivity index (χ4v) is 2.60. The van der Waals surface area contributed by atoms with Gasteiger partial charge in [0.15, 0.2) is 11.7 Å². The van der Waals surface area contributed by atoms with Crippen molar-refractivity contribution in [3.8, 4) is 0 Å². The summed E-state index contributed by atoms with van der Waals surface area (Å²) in [7, 11) is 0. The van der Waals surface area contributed by atoms with Crippen molar-refractivity contribution in [1.82, 2.24) is 4.98 Å². The Labute approximate surface area is 128 Å². The fourth-order valence-electron chi connectivity index (χ4n) is 1.48. The lowest BCUT2D eigenvalue weighted by molar-refractivity contribution is -0.119. The highest BCUT2D eigenvalue weighted by Gasteiger charge is 2.12. The second-order valence-corrected chi connectivity index (χ2v) is 6.32. The van der Waals surface area contributed by atoms with Crippen LogP contribution < -0.4 is 5.32 Å². The average molecular weight is 355 g/mol. The van der Waals surface area contributed by atoms with Gasteiger partial charge in [0, 0.05) is 0 Å². The van der Waals surface area contributed by atoms with Crippen LogP contribution in [0.1, 0.15) is 15.9 Å². The molecule has 2 aromatic rings. The zero-order valence-corrected chi connectivity index (χ0v) is 13.0. The number of hydrogen-bond donors (Lipinski definition) is 1. The van der Waals surface area contributed by atoms with Crippen LogP contribution in [0.25, 0.3) is 0 Å². The molecule has 1 amide bonds. The van der Waals surface area contributed by atoms with E-state index in [1.807, 2.05) is 19.1 Å². The van der Waals surface area contributed by atoms with Crippen LogP contribution in [0, 0.1) is 6.92 Å². The number of halogens is 1. The Morgan fingerprint density at radius 2 is 2.15 bits per heavy atom. The molecule has 1 aromatic carbocycles. The maximum Gasteiger partial charge on any atom is 0.338 e. The molecular formula is C13H11BrN2O3S. The van der Waals surface area contributed by atoms with E-state index in [1.165, 1.54) is 11.3 Å². The second kappa shape index (κ2) is 6.62. The molecule has 0 fully saturated rings. The number of hydrogen-bond acceptors (Lipinski definition) is 5. The van der Waals surface area contributed by atoms with Crippen molar-refractivity contribution >= 4 is 44.3 Å². The van der Waals surface area contributed by atoms with Crippen molar-refractivity contribution in [3.63, 3.8) is 0 Å². The van der Waals surface area contributed by atoms with Crippen molar-refractivity contribution < 1.29 is 14.3 Å². The van der Waals surface area contributed by atoms with Gasteiger partial charge < -0.3 is 4.74 Å². The van der Waals surface area contributed by atoms with E-state index >= 15 is 0 Å². The molecule has 104 valence electrons. The molecule has 7 heteroatoms. The molecule has 20 heavy (non-hydrogen) atoms. The summed E-state index contributed by atoms with van der Waals surface area (Å²) in [6, 6.07) is 7.05. The van der Waals surface area contributed by atoms with E-state index < -0.39 is 11.9 Å². The van der Waals surface area contributed by atoms with Gasteiger partial charge in [-0.3, -0.25) is 10.1 Å². The summed E-state index contributed by atoms with van der Waals surface area (Å²) in [5.41, 5.74) is 1.26. The number of aryl methyl sites for hydroxylation is 1. The predicted octanol–water partition coefficient (Wildman–Crippen LogP) is 3.01. The number of esters is 1. The molecule has 5 nitrogen and oxygen atoms in total. The van der Waals surface area contributed by atoms with Crippen LogP contribution in [0.4, 0.5) is 5.13 Å². The Kier molecular flexibility index (Phi) is 4.86. The van der Waals surface area contributed by atoms with Gasteiger partial charge >= 0.3 is 5.97 Å². The summed E-state index contributed by atoms with van der Waals surface area (Å²) in [6.07, 6.45) is 1.58. The molecule has 0 atom stereocenters. The molecular weight excluding hydrogens is 344 g/mol. The van der Waals surface area contributed by atoms with Crippen molar-refractivity contribution in [1.29, 1.82) is 0 Å². The summed E-state index contributed by atoms with van der Waals surface area (Å²) < 4.78 is 5.77. The van der Waals surface area contributed by atoms with Gasteiger partial charge in [-0.15, -0.1) is 0 Å². The first-order chi connectivity index (χ1) is 9.56. The lowest BCUT2D eigenvalue weighted by atomic mass is 10.1. The van der Waals surface area contributed by atoms with Crippen molar-refractivity contribution in [3.05, 3.63) is 45.4 Å². The SMILES string of the molecule is Cc1ccccc1C(=O)OCC(=O)Nc1ncc(Br)s1. The van der Waals surface area contributed by atoms with Crippen LogP contribution in [0.3, 0.4) is 0 Å². The summed E-state index contributed by atoms with van der Waals surface area (Å²) in [4.78, 5) is 27.4. The lowest BCUT2D eigenvalue weighted by Gasteiger charge is -2.06. The van der Waals surface area contributed by atoms with E-state index in [0.29, 0.717) is 10.7 Å². The molecule has 0 aliphatic carbocycles. The van der Waals surface area contributed by atoms with Crippen LogP contribution in [0.5, 0.6) is 0 Å². The Balaban J connectivity index is 1.87. The first kappa shape index (κ1) is 14.7. The summed E-state index contributed by atoms with van der Waals surface area (Å²) >= 11 is 4.52. The Morgan fingerprint density at radius 1 is 1.40 bits per heavy atom. The number of nitrogens with one attached hydrogen (secondary N) is 1. The molecule has 0 saturated heterocycles. The standard InChI is InChI=1S/C13H11BrN2O3S/c1-8-4-2-3-5-9(8)12(18)19-7-11(17)16-13-15-6-10(14)20-13/h2-6H,7H2,1H3,(H,15,16,17). The number of amides is 1. The molecule has 0 aliphatic heterocycles. The molecule has 0 radical (unpaired) electrons. The number of rotatable bonds is 4. The minimum Gasteiger partial charge on any atom is -0.452 e. The third-order valence-electron chi connectivity index (χ3n) is 2.42. The summed E-state index contributed by atoms with van der Waals surface area (Å²) in [5, 5.41) is 3.00. The number of ether oxygens (including phenoxy) is 1. The number of aromatic nitrogens is 1. The quantitative estimate of drug-likeness (QED) is 0.856. The summed E-state index contributed by atoms with van der Waals surface area (Å²) in [5.74, 6) is -0.938. The van der Waals surface area contributed by atoms with E-state index in [-0.39, 0.29) is 6.61 Å². The number of benzene rings is 1. The zero-order chi connectivity index (χ0) is 14.5. The maximum absolute atomic E-state index is 11.8. The van der Waals surface area contributed by atoms with Gasteiger partial charge in [0.1, 0.15) is 0 Å². The Morgan fingerprint density at radius 3 is 2.80 bits per heavy atom. The minimum atomic E-state index is -0.515. The first-order valence-electron chi connectivity index (χ1n) is 5.70. The normalized spacial score (nSPS) is 10.1. The van der Waals surface area contributed by atoms with Crippen LogP contribution in [-0.4, -0.2) is 23.5 Å². The number of anilines is 1. The highest BCUT2D eigenvalue weighted by molar-refractivity contribution is 9.11. The predicted molar refractivity (Wildman–Crippen MR) is 79.9 cm³/mol. The highest BCUT2D eigenvalue weighted by atomic mass is 79.9. The zero-order valence-electron chi connectivity index (χ0n) is 10.6. The van der Waals surface area contributed by atoms with Gasteiger partial charge in [0.05, 0.1) is 15.5 Å². The number of carbonyl (C=O) groups excluding carboxylic acids is 2. The van der Waals surface area contributed by atoms with Crippen LogP contribution >= 0.6 is 27.3 Å². The number of thiazole rings is 1. The van der Waals surface area contributed by atoms with Crippen LogP contribution in [0.2, 0.25) is 0 Å². The molecule has 1 N–H and O–H groups in total. The molecule has 0 aliphatic rings. The first-order valence-corrected chi connectivity index (χ1v) is 7.31. The Bertz CT molecular complexity index is 642. The molecule has 1 aromatic heterocycles. The smallest absolute Gasteiger partial charge is 0.338 e. The number of nitrogens with zero attached hydrogens (tertiary/aromatic N) is 1. The molecule has 2 rings (SSSR count). The van der Waals surface area contributed by atoms with Crippen molar-refractivity contribution in [2.45, 2.75) is 6.92 Å². The van der Waals surface area contributed by atoms with Gasteiger partial charge in [0.2, 0.25) is 0 Å². The maximum atomic E-state index is 11.8. The highest BCUT2D eigenvalue weighted by Crippen LogP contribution is 2.22. The molecule has 1 heterocycles. The van der Waals surface area contributed by atoms with Crippen molar-refractivity contribution in [2.75, 3.05) is 11.9 Å². The Hall–Kier alpha value is -1.73. The minimum absolute atomic E-state index is 0.343. The van der Waals surface area contributed by atoms with Gasteiger partial charge in [-0.25, -0.2) is 9.78 Å². The topological polar surface area (TPSA) is 68.3 Å². The summed E-state index contributed by atoms with van der Waals surface area (Å²) in [6.45, 7) is 1.47. The van der Waals surface area contributed by atoms with E-state index in [2.05, 4.69) is 26.2 Å². The van der Waals surface area contributed by atoms with Gasteiger partial charge in [0.25, 0.3) is 5.91 Å². The third-order valence-corrected chi connectivity index (χ3v) is 3.81. The largest absolute Gasteiger partial charge is 0.452 e. The van der Waals surface area contributed by atoms with E-state index in [1.54, 1.807) is 18.3 Å². The monoisotopic (exact) mass is 354 g/mol. The lowest BCUT2D eigenvalue weighted by Crippen LogP contribution is -2.21. The third kappa shape index (κ3) is 3.88. The van der Waals surface area contributed by atoms with E-state index in [0.717, 1.165) is 9.35 Å². The molecule has 0 bridgehead atoms. The number of carbonyl (C=O) groups is 2. The fraction of sp³-hybridized carbons (Fsp3) is 0.154. The van der Waals surface area contributed by atoms with Crippen LogP contribution in [0.15, 0.2) is 34.2 Å². The van der Waals surface area contributed by atoms with E-state index in [9.17, 15) is 9.59 Å².